The Morgan fingerprint density at radius 2 is 1.94 bits per heavy atom. The number of carbonyl (C=O) groups excluding carboxylic acids is 1. The van der Waals surface area contributed by atoms with Gasteiger partial charge in [-0.1, -0.05) is 33.3 Å². The first-order valence-corrected chi connectivity index (χ1v) is 14.3. The Morgan fingerprint density at radius 1 is 1.22 bits per heavy atom. The first-order chi connectivity index (χ1) is 17.3. The van der Waals surface area contributed by atoms with Crippen LogP contribution in [0.4, 0.5) is 5.69 Å². The minimum Gasteiger partial charge on any atom is -0.477 e. The van der Waals surface area contributed by atoms with Gasteiger partial charge < -0.3 is 15.7 Å². The number of carbonyl (C=O) groups is 2. The number of nitrogens with zero attached hydrogens (tertiary/aromatic N) is 3. The van der Waals surface area contributed by atoms with Crippen LogP contribution in [0.2, 0.25) is 0 Å². The Hall–Kier alpha value is -2.48. The number of amides is 1. The number of carboxylic acids is 1. The van der Waals surface area contributed by atoms with Crippen LogP contribution < -0.4 is 10.6 Å². The normalized spacial score (nSPS) is 21.7. The molecule has 1 aromatic rings. The van der Waals surface area contributed by atoms with Crippen LogP contribution in [0.3, 0.4) is 0 Å². The molecule has 1 aromatic heterocycles. The average Bonchev–Trinajstić information content (AvgIpc) is 3.31. The van der Waals surface area contributed by atoms with Crippen molar-refractivity contribution in [3.63, 3.8) is 0 Å². The fourth-order valence-electron chi connectivity index (χ4n) is 5.46. The van der Waals surface area contributed by atoms with E-state index in [9.17, 15) is 14.7 Å². The van der Waals surface area contributed by atoms with E-state index in [0.717, 1.165) is 69.1 Å². The van der Waals surface area contributed by atoms with E-state index in [1.807, 2.05) is 11.0 Å². The van der Waals surface area contributed by atoms with E-state index in [4.69, 9.17) is 5.73 Å². The molecular formula is C28H42N4O3S. The van der Waals surface area contributed by atoms with Gasteiger partial charge in [-0.05, 0) is 81.8 Å². The predicted molar refractivity (Wildman–Crippen MR) is 150 cm³/mol. The summed E-state index contributed by atoms with van der Waals surface area (Å²) in [5.74, 6) is 0.0693. The Bertz CT molecular complexity index is 989. The third-order valence-electron chi connectivity index (χ3n) is 7.61. The number of allylic oxidation sites excluding steroid dienone is 2. The summed E-state index contributed by atoms with van der Waals surface area (Å²) >= 11 is 1.31. The van der Waals surface area contributed by atoms with Gasteiger partial charge in [-0.15, -0.1) is 16.4 Å². The van der Waals surface area contributed by atoms with Gasteiger partial charge in [0.15, 0.2) is 0 Å². The number of anilines is 1. The van der Waals surface area contributed by atoms with Gasteiger partial charge >= 0.3 is 5.97 Å². The van der Waals surface area contributed by atoms with Crippen LogP contribution in [-0.4, -0.2) is 35.6 Å². The van der Waals surface area contributed by atoms with Gasteiger partial charge in [0, 0.05) is 29.5 Å². The van der Waals surface area contributed by atoms with E-state index in [1.54, 1.807) is 0 Å². The highest BCUT2D eigenvalue weighted by Crippen LogP contribution is 2.41. The summed E-state index contributed by atoms with van der Waals surface area (Å²) in [7, 11) is 0. The molecular weight excluding hydrogens is 472 g/mol. The van der Waals surface area contributed by atoms with Crippen molar-refractivity contribution >= 4 is 47.0 Å². The van der Waals surface area contributed by atoms with Gasteiger partial charge in [0.25, 0.3) is 0 Å². The number of amidine groups is 1. The molecule has 0 radical (unpaired) electrons. The Balaban J connectivity index is 1.98. The Kier molecular flexibility index (Phi) is 10.3. The quantitative estimate of drug-likeness (QED) is 0.194. The molecule has 0 aliphatic heterocycles. The number of rotatable bonds is 11. The summed E-state index contributed by atoms with van der Waals surface area (Å²) in [5, 5.41) is 17.7. The molecule has 0 saturated heterocycles. The van der Waals surface area contributed by atoms with Crippen LogP contribution in [0.5, 0.6) is 0 Å². The first-order valence-electron chi connectivity index (χ1n) is 13.4. The van der Waals surface area contributed by atoms with Crippen LogP contribution in [-0.2, 0) is 4.79 Å². The maximum Gasteiger partial charge on any atom is 0.348 e. The molecule has 198 valence electrons. The van der Waals surface area contributed by atoms with Crippen molar-refractivity contribution in [3.05, 3.63) is 21.9 Å². The van der Waals surface area contributed by atoms with Gasteiger partial charge in [-0.2, -0.15) is 5.10 Å². The Labute approximate surface area is 219 Å². The van der Waals surface area contributed by atoms with E-state index >= 15 is 0 Å². The molecule has 2 aliphatic carbocycles. The van der Waals surface area contributed by atoms with Crippen LogP contribution in [0.1, 0.15) is 106 Å². The largest absolute Gasteiger partial charge is 0.477 e. The molecule has 7 nitrogen and oxygen atoms in total. The molecule has 3 N–H and O–H groups in total. The number of thiophene rings is 1. The van der Waals surface area contributed by atoms with Crippen LogP contribution in [0.15, 0.2) is 22.3 Å². The number of carboxylic acid groups (broad SMARTS) is 1. The zero-order valence-corrected chi connectivity index (χ0v) is 22.9. The summed E-state index contributed by atoms with van der Waals surface area (Å²) in [6, 6.07) is 1.91. The molecule has 1 unspecified atom stereocenters. The topological polar surface area (TPSA) is 108 Å². The molecule has 1 fully saturated rings. The van der Waals surface area contributed by atoms with Crippen molar-refractivity contribution in [2.75, 3.05) is 4.90 Å². The lowest BCUT2D eigenvalue weighted by Crippen LogP contribution is -2.46. The van der Waals surface area contributed by atoms with Gasteiger partial charge in [-0.25, -0.2) is 4.79 Å². The number of hydrogen-bond donors (Lipinski definition) is 2. The monoisotopic (exact) mass is 514 g/mol. The minimum absolute atomic E-state index is 0.0560. The van der Waals surface area contributed by atoms with E-state index in [1.165, 1.54) is 23.3 Å². The summed E-state index contributed by atoms with van der Waals surface area (Å²) < 4.78 is 0. The molecule has 3 rings (SSSR count). The third-order valence-corrected chi connectivity index (χ3v) is 8.80. The SMILES string of the molecule is C=NN=C(N)C1CCC(N(C(=O)C(CC)CCC(C)C)c2cc(C3=CCCCC3)sc2C(=O)O)CC1. The molecule has 1 heterocycles. The zero-order chi connectivity index (χ0) is 26.2. The van der Waals surface area contributed by atoms with E-state index in [0.29, 0.717) is 17.4 Å². The van der Waals surface area contributed by atoms with Gasteiger partial charge in [0.05, 0.1) is 5.69 Å². The van der Waals surface area contributed by atoms with Crippen molar-refractivity contribution in [3.8, 4) is 0 Å². The fraction of sp³-hybridized carbons (Fsp3) is 0.643. The van der Waals surface area contributed by atoms with Crippen molar-refractivity contribution in [2.45, 2.75) is 97.4 Å². The standard InChI is InChI=1S/C28H42N4O3S/c1-5-19(12-11-18(2)3)27(33)32(22-15-13-21(14-16-22)26(29)31-30-4)23-17-24(36-25(23)28(34)35)20-9-7-6-8-10-20/h9,17-19,21-22H,4-8,10-16H2,1-3H3,(H2,29,31)(H,34,35). The number of hydrogen-bond acceptors (Lipinski definition) is 5. The molecule has 1 atom stereocenters. The molecule has 0 aromatic carbocycles. The second kappa shape index (κ2) is 13.2. The van der Waals surface area contributed by atoms with Crippen LogP contribution in [0.25, 0.3) is 5.57 Å². The molecule has 0 spiro atoms. The summed E-state index contributed by atoms with van der Waals surface area (Å²) in [4.78, 5) is 29.6. The molecule has 1 saturated carbocycles. The summed E-state index contributed by atoms with van der Waals surface area (Å²) in [6.45, 7) is 9.80. The highest BCUT2D eigenvalue weighted by Gasteiger charge is 2.37. The van der Waals surface area contributed by atoms with Crippen LogP contribution >= 0.6 is 11.3 Å². The molecule has 36 heavy (non-hydrogen) atoms. The second-order valence-electron chi connectivity index (χ2n) is 10.6. The third kappa shape index (κ3) is 6.84. The molecule has 8 heteroatoms. The lowest BCUT2D eigenvalue weighted by atomic mass is 9.83. The van der Waals surface area contributed by atoms with Crippen molar-refractivity contribution in [1.29, 1.82) is 0 Å². The van der Waals surface area contributed by atoms with E-state index in [2.05, 4.69) is 43.8 Å². The summed E-state index contributed by atoms with van der Waals surface area (Å²) in [5.41, 5.74) is 7.87. The number of nitrogens with two attached hydrogens (primary N) is 1. The van der Waals surface area contributed by atoms with Crippen molar-refractivity contribution < 1.29 is 14.7 Å². The van der Waals surface area contributed by atoms with Crippen LogP contribution in [0, 0.1) is 17.8 Å². The smallest absolute Gasteiger partial charge is 0.348 e. The summed E-state index contributed by atoms with van der Waals surface area (Å²) in [6.07, 6.45) is 12.1. The maximum atomic E-state index is 14.1. The minimum atomic E-state index is -0.965. The lowest BCUT2D eigenvalue weighted by Gasteiger charge is -2.38. The molecule has 0 bridgehead atoms. The molecule has 1 amide bonds. The Morgan fingerprint density at radius 3 is 2.50 bits per heavy atom. The van der Waals surface area contributed by atoms with E-state index in [-0.39, 0.29) is 28.7 Å². The fourth-order valence-corrected chi connectivity index (χ4v) is 6.51. The van der Waals surface area contributed by atoms with E-state index < -0.39 is 5.97 Å². The first kappa shape index (κ1) is 28.1. The van der Waals surface area contributed by atoms with Crippen molar-refractivity contribution in [1.82, 2.24) is 0 Å². The molecule has 2 aliphatic rings. The lowest BCUT2D eigenvalue weighted by molar-refractivity contribution is -0.123. The zero-order valence-electron chi connectivity index (χ0n) is 22.0. The van der Waals surface area contributed by atoms with Crippen molar-refractivity contribution in [2.24, 2.45) is 33.7 Å². The second-order valence-corrected chi connectivity index (χ2v) is 11.6. The maximum absolute atomic E-state index is 14.1. The highest BCUT2D eigenvalue weighted by atomic mass is 32.1. The number of aromatic carboxylic acids is 1. The van der Waals surface area contributed by atoms with Gasteiger partial charge in [-0.3, -0.25) is 4.79 Å². The van der Waals surface area contributed by atoms with Gasteiger partial charge in [0.2, 0.25) is 5.91 Å². The van der Waals surface area contributed by atoms with Gasteiger partial charge in [0.1, 0.15) is 10.7 Å². The average molecular weight is 515 g/mol. The predicted octanol–water partition coefficient (Wildman–Crippen LogP) is 6.73. The highest BCUT2D eigenvalue weighted by molar-refractivity contribution is 7.15.